The number of carboxylic acid groups (broad SMARTS) is 1. The van der Waals surface area contributed by atoms with Gasteiger partial charge in [-0.15, -0.1) is 0 Å². The Balaban J connectivity index is 2.83. The molecule has 4 heteroatoms. The highest BCUT2D eigenvalue weighted by Crippen LogP contribution is 2.14. The molecule has 13 heavy (non-hydrogen) atoms. The summed E-state index contributed by atoms with van der Waals surface area (Å²) in [5.41, 5.74) is 0.0469. The molecule has 2 heterocycles. The van der Waals surface area contributed by atoms with Gasteiger partial charge in [0, 0.05) is 24.0 Å². The molecule has 2 aromatic rings. The second-order valence-corrected chi connectivity index (χ2v) is 2.56. The van der Waals surface area contributed by atoms with Crippen molar-refractivity contribution in [3.8, 4) is 0 Å². The lowest BCUT2D eigenvalue weighted by molar-refractivity contribution is 0.0693. The average molecular weight is 174 g/mol. The first-order chi connectivity index (χ1) is 6.29. The van der Waals surface area contributed by atoms with Gasteiger partial charge < -0.3 is 5.11 Å². The molecule has 0 amide bonds. The standard InChI is InChI=1S/C9H6N2O2/c12-9(13)8-7-5-10-3-1-6(7)2-4-11-8/h1-5H,(H,12,13). The fraction of sp³-hybridized carbons (Fsp3) is 0. The summed E-state index contributed by atoms with van der Waals surface area (Å²) in [6.07, 6.45) is 4.60. The zero-order chi connectivity index (χ0) is 9.26. The van der Waals surface area contributed by atoms with Crippen molar-refractivity contribution in [3.05, 3.63) is 36.4 Å². The third kappa shape index (κ3) is 1.22. The molecule has 0 aromatic carbocycles. The van der Waals surface area contributed by atoms with Crippen LogP contribution in [0.3, 0.4) is 0 Å². The van der Waals surface area contributed by atoms with E-state index in [0.29, 0.717) is 5.39 Å². The Kier molecular flexibility index (Phi) is 1.66. The fourth-order valence-electron chi connectivity index (χ4n) is 1.18. The monoisotopic (exact) mass is 174 g/mol. The van der Waals surface area contributed by atoms with Gasteiger partial charge in [0.1, 0.15) is 0 Å². The number of nitrogens with zero attached hydrogens (tertiary/aromatic N) is 2. The number of fused-ring (bicyclic) bond motifs is 1. The lowest BCUT2D eigenvalue weighted by Crippen LogP contribution is -2.00. The second kappa shape index (κ2) is 2.82. The number of hydrogen-bond acceptors (Lipinski definition) is 3. The number of rotatable bonds is 1. The Labute approximate surface area is 73.9 Å². The van der Waals surface area contributed by atoms with Crippen LogP contribution in [0.2, 0.25) is 0 Å². The van der Waals surface area contributed by atoms with E-state index >= 15 is 0 Å². The highest BCUT2D eigenvalue weighted by molar-refractivity contribution is 6.01. The zero-order valence-corrected chi connectivity index (χ0v) is 6.64. The van der Waals surface area contributed by atoms with E-state index in [4.69, 9.17) is 5.11 Å². The first-order valence-corrected chi connectivity index (χ1v) is 3.71. The molecule has 0 saturated heterocycles. The molecule has 0 aliphatic heterocycles. The summed E-state index contributed by atoms with van der Waals surface area (Å²) < 4.78 is 0. The fourth-order valence-corrected chi connectivity index (χ4v) is 1.18. The van der Waals surface area contributed by atoms with Crippen LogP contribution in [-0.4, -0.2) is 21.0 Å². The van der Waals surface area contributed by atoms with E-state index in [-0.39, 0.29) is 5.69 Å². The van der Waals surface area contributed by atoms with Crippen LogP contribution in [0.25, 0.3) is 10.8 Å². The Bertz CT molecular complexity index is 463. The first kappa shape index (κ1) is 7.67. The van der Waals surface area contributed by atoms with Crippen LogP contribution in [0.15, 0.2) is 30.7 Å². The summed E-state index contributed by atoms with van der Waals surface area (Å²) >= 11 is 0. The van der Waals surface area contributed by atoms with Crippen LogP contribution >= 0.6 is 0 Å². The maximum Gasteiger partial charge on any atom is 0.355 e. The average Bonchev–Trinajstić information content (AvgIpc) is 2.17. The Morgan fingerprint density at radius 1 is 1.31 bits per heavy atom. The van der Waals surface area contributed by atoms with Crippen molar-refractivity contribution in [3.63, 3.8) is 0 Å². The third-order valence-electron chi connectivity index (χ3n) is 1.77. The van der Waals surface area contributed by atoms with Gasteiger partial charge in [-0.2, -0.15) is 0 Å². The number of carboxylic acids is 1. The summed E-state index contributed by atoms with van der Waals surface area (Å²) in [5.74, 6) is -1.03. The van der Waals surface area contributed by atoms with Crippen molar-refractivity contribution in [1.29, 1.82) is 0 Å². The van der Waals surface area contributed by atoms with E-state index in [2.05, 4.69) is 9.97 Å². The molecular weight excluding hydrogens is 168 g/mol. The molecule has 0 radical (unpaired) electrons. The van der Waals surface area contributed by atoms with Crippen LogP contribution < -0.4 is 0 Å². The van der Waals surface area contributed by atoms with Crippen molar-refractivity contribution in [1.82, 2.24) is 9.97 Å². The van der Waals surface area contributed by atoms with Crippen LogP contribution in [-0.2, 0) is 0 Å². The van der Waals surface area contributed by atoms with E-state index < -0.39 is 5.97 Å². The maximum atomic E-state index is 10.7. The predicted octanol–water partition coefficient (Wildman–Crippen LogP) is 1.33. The molecule has 0 bridgehead atoms. The zero-order valence-electron chi connectivity index (χ0n) is 6.64. The second-order valence-electron chi connectivity index (χ2n) is 2.56. The molecule has 2 rings (SSSR count). The molecular formula is C9H6N2O2. The first-order valence-electron chi connectivity index (χ1n) is 3.71. The maximum absolute atomic E-state index is 10.7. The Morgan fingerprint density at radius 3 is 2.85 bits per heavy atom. The normalized spacial score (nSPS) is 10.2. The van der Waals surface area contributed by atoms with Gasteiger partial charge in [0.25, 0.3) is 0 Å². The molecule has 0 unspecified atom stereocenters. The number of carbonyl (C=O) groups is 1. The largest absolute Gasteiger partial charge is 0.476 e. The van der Waals surface area contributed by atoms with Crippen LogP contribution in [0.4, 0.5) is 0 Å². The van der Waals surface area contributed by atoms with Crippen molar-refractivity contribution in [2.24, 2.45) is 0 Å². The molecule has 0 spiro atoms. The number of pyridine rings is 2. The van der Waals surface area contributed by atoms with E-state index in [9.17, 15) is 4.79 Å². The highest BCUT2D eigenvalue weighted by Gasteiger charge is 2.08. The van der Waals surface area contributed by atoms with E-state index in [0.717, 1.165) is 5.39 Å². The lowest BCUT2D eigenvalue weighted by Gasteiger charge is -1.98. The molecule has 0 aliphatic carbocycles. The van der Waals surface area contributed by atoms with Gasteiger partial charge in [0.2, 0.25) is 0 Å². The van der Waals surface area contributed by atoms with Crippen LogP contribution in [0.5, 0.6) is 0 Å². The van der Waals surface area contributed by atoms with Gasteiger partial charge >= 0.3 is 5.97 Å². The highest BCUT2D eigenvalue weighted by atomic mass is 16.4. The van der Waals surface area contributed by atoms with Gasteiger partial charge in [0.05, 0.1) is 0 Å². The van der Waals surface area contributed by atoms with Crippen molar-refractivity contribution in [2.75, 3.05) is 0 Å². The molecule has 2 aromatic heterocycles. The van der Waals surface area contributed by atoms with Gasteiger partial charge in [-0.3, -0.25) is 4.98 Å². The quantitative estimate of drug-likeness (QED) is 0.708. The molecule has 0 saturated carbocycles. The van der Waals surface area contributed by atoms with E-state index in [1.54, 1.807) is 18.3 Å². The summed E-state index contributed by atoms with van der Waals surface area (Å²) in [6, 6.07) is 3.51. The summed E-state index contributed by atoms with van der Waals surface area (Å²) in [5, 5.41) is 10.2. The molecule has 0 fully saturated rings. The van der Waals surface area contributed by atoms with Gasteiger partial charge in [-0.1, -0.05) is 0 Å². The summed E-state index contributed by atoms with van der Waals surface area (Å²) in [6.45, 7) is 0. The molecule has 0 atom stereocenters. The number of hydrogen-bond donors (Lipinski definition) is 1. The minimum absolute atomic E-state index is 0.0469. The van der Waals surface area contributed by atoms with Gasteiger partial charge in [-0.05, 0) is 17.5 Å². The van der Waals surface area contributed by atoms with E-state index in [1.807, 2.05) is 0 Å². The van der Waals surface area contributed by atoms with E-state index in [1.165, 1.54) is 12.4 Å². The van der Waals surface area contributed by atoms with Gasteiger partial charge in [-0.25, -0.2) is 9.78 Å². The molecule has 1 N–H and O–H groups in total. The smallest absolute Gasteiger partial charge is 0.355 e. The van der Waals surface area contributed by atoms with Crippen LogP contribution in [0, 0.1) is 0 Å². The number of aromatic nitrogens is 2. The van der Waals surface area contributed by atoms with Crippen molar-refractivity contribution >= 4 is 16.7 Å². The predicted molar refractivity (Wildman–Crippen MR) is 46.5 cm³/mol. The topological polar surface area (TPSA) is 63.1 Å². The molecule has 4 nitrogen and oxygen atoms in total. The SMILES string of the molecule is O=C(O)c1nccc2ccncc12. The minimum atomic E-state index is -1.03. The Morgan fingerprint density at radius 2 is 2.08 bits per heavy atom. The van der Waals surface area contributed by atoms with Crippen molar-refractivity contribution < 1.29 is 9.90 Å². The Hall–Kier alpha value is -1.97. The summed E-state index contributed by atoms with van der Waals surface area (Å²) in [4.78, 5) is 18.3. The molecule has 0 aliphatic rings. The minimum Gasteiger partial charge on any atom is -0.476 e. The van der Waals surface area contributed by atoms with Crippen molar-refractivity contribution in [2.45, 2.75) is 0 Å². The molecule has 64 valence electrons. The summed E-state index contributed by atoms with van der Waals surface area (Å²) in [7, 11) is 0. The van der Waals surface area contributed by atoms with Gasteiger partial charge in [0.15, 0.2) is 5.69 Å². The third-order valence-corrected chi connectivity index (χ3v) is 1.77. The number of aromatic carboxylic acids is 1. The van der Waals surface area contributed by atoms with Crippen LogP contribution in [0.1, 0.15) is 10.5 Å². The lowest BCUT2D eigenvalue weighted by atomic mass is 10.2.